The van der Waals surface area contributed by atoms with Crippen molar-refractivity contribution in [2.45, 2.75) is 24.6 Å². The summed E-state index contributed by atoms with van der Waals surface area (Å²) in [5.74, 6) is -5.61. The van der Waals surface area contributed by atoms with E-state index in [-0.39, 0.29) is 0 Å². The van der Waals surface area contributed by atoms with E-state index < -0.39 is 30.7 Å². The molecule has 14 heavy (non-hydrogen) atoms. The molecule has 0 aliphatic carbocycles. The van der Waals surface area contributed by atoms with Crippen LogP contribution in [0.1, 0.15) is 12.8 Å². The van der Waals surface area contributed by atoms with Crippen molar-refractivity contribution in [3.8, 4) is 0 Å². The third-order valence-electron chi connectivity index (χ3n) is 1.86. The zero-order valence-electron chi connectivity index (χ0n) is 7.46. The summed E-state index contributed by atoms with van der Waals surface area (Å²) in [5.41, 5.74) is 0. The van der Waals surface area contributed by atoms with Gasteiger partial charge in [-0.1, -0.05) is 12.2 Å². The molecule has 78 valence electrons. The molecule has 5 heteroatoms. The molecule has 0 unspecified atom stereocenters. The van der Waals surface area contributed by atoms with Crippen LogP contribution in [-0.2, 0) is 9.47 Å². The molecule has 1 aliphatic rings. The first-order valence-corrected chi connectivity index (χ1v) is 3.99. The van der Waals surface area contributed by atoms with Gasteiger partial charge < -0.3 is 9.47 Å². The number of carbonyl (C=O) groups excluding carboxylic acids is 1. The summed E-state index contributed by atoms with van der Waals surface area (Å²) in [6.07, 6.45) is -0.0797. The van der Waals surface area contributed by atoms with E-state index in [0.717, 1.165) is 12.2 Å². The zero-order valence-corrected chi connectivity index (χ0v) is 7.46. The topological polar surface area (TPSA) is 35.5 Å². The normalized spacial score (nSPS) is 36.0. The molecular formula is C9H10F2O3. The van der Waals surface area contributed by atoms with Gasteiger partial charge in [0.1, 0.15) is 0 Å². The molecule has 0 N–H and O–H groups in total. The van der Waals surface area contributed by atoms with Crippen LogP contribution >= 0.6 is 0 Å². The first-order valence-electron chi connectivity index (χ1n) is 3.99. The highest BCUT2D eigenvalue weighted by atomic mass is 19.2. The maximum Gasteiger partial charge on any atom is 0.514 e. The van der Waals surface area contributed by atoms with E-state index in [1.165, 1.54) is 0 Å². The third kappa shape index (κ3) is 1.49. The molecule has 1 saturated heterocycles. The van der Waals surface area contributed by atoms with E-state index >= 15 is 0 Å². The standard InChI is InChI=1S/C9H10F2O3/c1-3-5-8(10)9(11,6-4-2)14-7(12)13-8/h3-4H,1-2,5-6H2/t8-,9-/m0/s1. The highest BCUT2D eigenvalue weighted by Gasteiger charge is 2.64. The largest absolute Gasteiger partial charge is 0.514 e. The van der Waals surface area contributed by atoms with Crippen molar-refractivity contribution >= 4 is 6.16 Å². The van der Waals surface area contributed by atoms with Crippen LogP contribution in [0.3, 0.4) is 0 Å². The number of cyclic esters (lactones) is 2. The van der Waals surface area contributed by atoms with Gasteiger partial charge in [-0.3, -0.25) is 0 Å². The quantitative estimate of drug-likeness (QED) is 0.521. The lowest BCUT2D eigenvalue weighted by Crippen LogP contribution is -2.44. The van der Waals surface area contributed by atoms with Crippen molar-refractivity contribution < 1.29 is 23.0 Å². The molecule has 0 aromatic heterocycles. The van der Waals surface area contributed by atoms with Gasteiger partial charge in [0.25, 0.3) is 0 Å². The summed E-state index contributed by atoms with van der Waals surface area (Å²) in [4.78, 5) is 10.6. The Morgan fingerprint density at radius 1 is 1.14 bits per heavy atom. The van der Waals surface area contributed by atoms with Crippen LogP contribution in [0.25, 0.3) is 0 Å². The van der Waals surface area contributed by atoms with E-state index in [9.17, 15) is 13.6 Å². The summed E-state index contributed by atoms with van der Waals surface area (Å²) in [5, 5.41) is 0. The van der Waals surface area contributed by atoms with Gasteiger partial charge in [0.05, 0.1) is 0 Å². The van der Waals surface area contributed by atoms with Crippen LogP contribution in [0.2, 0.25) is 0 Å². The molecule has 1 heterocycles. The molecule has 0 spiro atoms. The molecule has 1 aliphatic heterocycles. The van der Waals surface area contributed by atoms with E-state index in [2.05, 4.69) is 22.6 Å². The number of hydrogen-bond donors (Lipinski definition) is 0. The van der Waals surface area contributed by atoms with E-state index in [4.69, 9.17) is 0 Å². The molecule has 0 amide bonds. The van der Waals surface area contributed by atoms with Crippen molar-refractivity contribution in [3.05, 3.63) is 25.3 Å². The number of halogens is 2. The second-order valence-electron chi connectivity index (χ2n) is 2.90. The Kier molecular flexibility index (Phi) is 2.59. The minimum absolute atomic E-state index is 0.469. The fourth-order valence-corrected chi connectivity index (χ4v) is 1.20. The number of ether oxygens (including phenoxy) is 2. The fourth-order valence-electron chi connectivity index (χ4n) is 1.20. The second kappa shape index (κ2) is 3.40. The van der Waals surface area contributed by atoms with Gasteiger partial charge in [-0.2, -0.15) is 8.78 Å². The predicted molar refractivity (Wildman–Crippen MR) is 44.9 cm³/mol. The van der Waals surface area contributed by atoms with E-state index in [1.54, 1.807) is 0 Å². The monoisotopic (exact) mass is 204 g/mol. The van der Waals surface area contributed by atoms with Crippen molar-refractivity contribution in [2.75, 3.05) is 0 Å². The first kappa shape index (κ1) is 10.7. The van der Waals surface area contributed by atoms with Crippen molar-refractivity contribution in [1.29, 1.82) is 0 Å². The molecular weight excluding hydrogens is 194 g/mol. The lowest BCUT2D eigenvalue weighted by atomic mass is 10.0. The summed E-state index contributed by atoms with van der Waals surface area (Å²) in [7, 11) is 0. The van der Waals surface area contributed by atoms with Crippen molar-refractivity contribution in [3.63, 3.8) is 0 Å². The Bertz CT molecular complexity index is 253. The Hall–Kier alpha value is -1.39. The summed E-state index contributed by atoms with van der Waals surface area (Å²) in [6, 6.07) is 0. The summed E-state index contributed by atoms with van der Waals surface area (Å²) < 4.78 is 35.7. The molecule has 0 radical (unpaired) electrons. The molecule has 2 atom stereocenters. The number of hydrogen-bond acceptors (Lipinski definition) is 3. The molecule has 0 bridgehead atoms. The SMILES string of the molecule is C=CC[C@]1(F)OC(=O)O[C@@]1(F)CC=C. The van der Waals surface area contributed by atoms with E-state index in [1.807, 2.05) is 0 Å². The molecule has 1 fully saturated rings. The Labute approximate surface area is 80.0 Å². The number of alkyl halides is 2. The van der Waals surface area contributed by atoms with Gasteiger partial charge >= 0.3 is 17.9 Å². The number of carbonyl (C=O) groups is 1. The Balaban J connectivity index is 2.96. The van der Waals surface area contributed by atoms with Crippen LogP contribution < -0.4 is 0 Å². The molecule has 0 aromatic rings. The van der Waals surface area contributed by atoms with Crippen LogP contribution in [0, 0.1) is 0 Å². The van der Waals surface area contributed by atoms with Crippen LogP contribution in [0.15, 0.2) is 25.3 Å². The van der Waals surface area contributed by atoms with Gasteiger partial charge in [-0.25, -0.2) is 4.79 Å². The number of rotatable bonds is 4. The van der Waals surface area contributed by atoms with Crippen LogP contribution in [-0.4, -0.2) is 17.9 Å². The average molecular weight is 204 g/mol. The average Bonchev–Trinajstić information content (AvgIpc) is 2.23. The zero-order chi connectivity index (χ0) is 10.8. The van der Waals surface area contributed by atoms with Gasteiger partial charge in [-0.05, 0) is 0 Å². The highest BCUT2D eigenvalue weighted by molar-refractivity contribution is 5.63. The smallest absolute Gasteiger partial charge is 0.389 e. The minimum atomic E-state index is -2.81. The summed E-state index contributed by atoms with van der Waals surface area (Å²) >= 11 is 0. The minimum Gasteiger partial charge on any atom is -0.389 e. The van der Waals surface area contributed by atoms with E-state index in [0.29, 0.717) is 0 Å². The van der Waals surface area contributed by atoms with Crippen molar-refractivity contribution in [1.82, 2.24) is 0 Å². The maximum absolute atomic E-state index is 13.7. The molecule has 0 aromatic carbocycles. The van der Waals surface area contributed by atoms with Gasteiger partial charge in [-0.15, -0.1) is 13.2 Å². The molecule has 3 nitrogen and oxygen atoms in total. The lowest BCUT2D eigenvalue weighted by Gasteiger charge is -2.25. The van der Waals surface area contributed by atoms with Gasteiger partial charge in [0, 0.05) is 12.8 Å². The van der Waals surface area contributed by atoms with Gasteiger partial charge in [0.2, 0.25) is 0 Å². The van der Waals surface area contributed by atoms with Gasteiger partial charge in [0.15, 0.2) is 0 Å². The predicted octanol–water partition coefficient (Wildman–Crippen LogP) is 2.64. The molecule has 1 rings (SSSR count). The van der Waals surface area contributed by atoms with Crippen LogP contribution in [0.5, 0.6) is 0 Å². The first-order chi connectivity index (χ1) is 6.47. The second-order valence-corrected chi connectivity index (χ2v) is 2.90. The third-order valence-corrected chi connectivity index (χ3v) is 1.86. The maximum atomic E-state index is 13.7. The van der Waals surface area contributed by atoms with Crippen LogP contribution in [0.4, 0.5) is 13.6 Å². The Morgan fingerprint density at radius 2 is 1.50 bits per heavy atom. The molecule has 0 saturated carbocycles. The highest BCUT2D eigenvalue weighted by Crippen LogP contribution is 2.44. The Morgan fingerprint density at radius 3 is 1.79 bits per heavy atom. The fraction of sp³-hybridized carbons (Fsp3) is 0.444. The lowest BCUT2D eigenvalue weighted by molar-refractivity contribution is -0.209. The van der Waals surface area contributed by atoms with Crippen molar-refractivity contribution in [2.24, 2.45) is 0 Å². The summed E-state index contributed by atoms with van der Waals surface area (Å²) in [6.45, 7) is 6.48.